The van der Waals surface area contributed by atoms with E-state index in [2.05, 4.69) is 176 Å². The van der Waals surface area contributed by atoms with Gasteiger partial charge in [0.25, 0.3) is 0 Å². The molecule has 0 spiro atoms. The van der Waals surface area contributed by atoms with Gasteiger partial charge in [0.2, 0.25) is 0 Å². The van der Waals surface area contributed by atoms with Gasteiger partial charge < -0.3 is 26.9 Å². The van der Waals surface area contributed by atoms with Crippen LogP contribution >= 0.6 is 23.9 Å². The third kappa shape index (κ3) is 54.0. The summed E-state index contributed by atoms with van der Waals surface area (Å²) in [6, 6.07) is 38.6. The van der Waals surface area contributed by atoms with Gasteiger partial charge in [-0.2, -0.15) is 15.8 Å². The number of carbonyl (C=O) groups excluding carboxylic acids is 1. The number of unbranched alkanes of at least 4 members (excludes halogenated alkanes) is 8. The topological polar surface area (TPSA) is 112 Å². The molecule has 0 saturated carbocycles. The number of alkyl halides is 1. The van der Waals surface area contributed by atoms with Gasteiger partial charge in [0.1, 0.15) is 6.29 Å². The minimum atomic E-state index is -0.750. The molecule has 0 N–H and O–H groups in total. The first-order chi connectivity index (χ1) is 28.1. The molecule has 3 aromatic carbocycles. The Morgan fingerprint density at radius 2 is 0.900 bits per heavy atom. The normalized spacial score (nSPS) is 9.77. The third-order valence-electron chi connectivity index (χ3n) is 6.94. The molecule has 0 fully saturated rings. The summed E-state index contributed by atoms with van der Waals surface area (Å²) in [5.41, 5.74) is -0.750. The number of nitrogens with zero attached hydrogens (tertiary/aromatic N) is 3. The first-order valence-electron chi connectivity index (χ1n) is 20.8. The maximum atomic E-state index is 10.1. The average molecular weight is 989 g/mol. The molecule has 0 atom stereocenters. The van der Waals surface area contributed by atoms with E-state index in [9.17, 15) is 9.90 Å². The van der Waals surface area contributed by atoms with Gasteiger partial charge in [-0.25, -0.2) is 0 Å². The Morgan fingerprint density at radius 3 is 1.18 bits per heavy atom. The number of benzene rings is 3. The van der Waals surface area contributed by atoms with Crippen LogP contribution in [0.5, 0.6) is 0 Å². The van der Waals surface area contributed by atoms with Crippen LogP contribution in [-0.2, 0) is 4.79 Å². The smallest absolute Gasteiger partial charge is 1.00 e. The van der Waals surface area contributed by atoms with Crippen LogP contribution in [-0.4, -0.2) is 17.2 Å². The molecule has 0 amide bonds. The average Bonchev–Trinajstić information content (AvgIpc) is 3.23. The van der Waals surface area contributed by atoms with E-state index in [1.54, 1.807) is 20.8 Å². The number of hydrogen-bond acceptors (Lipinski definition) is 5. The van der Waals surface area contributed by atoms with Crippen molar-refractivity contribution in [3.63, 3.8) is 0 Å². The minimum Gasteiger partial charge on any atom is -1.00 e. The van der Waals surface area contributed by atoms with Crippen molar-refractivity contribution < 1.29 is 78.3 Å². The van der Waals surface area contributed by atoms with Gasteiger partial charge in [-0.05, 0) is 88.0 Å². The summed E-state index contributed by atoms with van der Waals surface area (Å²) in [7, 11) is -0.446. The van der Waals surface area contributed by atoms with E-state index in [0.29, 0.717) is 19.3 Å². The SMILES string of the molecule is CC(C)(C)[O-].CC/C=C\CCC/C=C\CCC#N.CC/C=C\CCCC=O.CCCCC#N.N#CCCCBr.[Br-].[K+].c1ccc(P(c2ccccc2)c2ccccc2)cc1. The summed E-state index contributed by atoms with van der Waals surface area (Å²) in [6.07, 6.45) is 28.6. The van der Waals surface area contributed by atoms with Crippen LogP contribution in [0, 0.1) is 34.0 Å². The van der Waals surface area contributed by atoms with Gasteiger partial charge in [0.05, 0.1) is 18.2 Å². The van der Waals surface area contributed by atoms with Gasteiger partial charge >= 0.3 is 51.4 Å². The predicted octanol–water partition coefficient (Wildman–Crippen LogP) is 7.29. The van der Waals surface area contributed by atoms with Crippen molar-refractivity contribution in [3.8, 4) is 18.2 Å². The fraction of sp³-hybridized carbons (Fsp3) is 0.451. The molecule has 5 nitrogen and oxygen atoms in total. The van der Waals surface area contributed by atoms with Crippen LogP contribution < -0.4 is 89.4 Å². The van der Waals surface area contributed by atoms with Crippen molar-refractivity contribution in [1.29, 1.82) is 15.8 Å². The summed E-state index contributed by atoms with van der Waals surface area (Å²) in [5, 5.41) is 39.4. The maximum Gasteiger partial charge on any atom is 1.00 e. The van der Waals surface area contributed by atoms with Crippen LogP contribution in [0.4, 0.5) is 0 Å². The molecule has 60 heavy (non-hydrogen) atoms. The van der Waals surface area contributed by atoms with E-state index in [0.717, 1.165) is 75.8 Å². The van der Waals surface area contributed by atoms with Crippen LogP contribution in [0.3, 0.4) is 0 Å². The molecular formula is C51H72Br2KN3O2P-. The molecule has 0 aliphatic rings. The maximum absolute atomic E-state index is 10.1. The second-order valence-electron chi connectivity index (χ2n) is 13.6. The molecule has 0 unspecified atom stereocenters. The Labute approximate surface area is 429 Å². The summed E-state index contributed by atoms with van der Waals surface area (Å²) >= 11 is 3.20. The van der Waals surface area contributed by atoms with Crippen molar-refractivity contribution in [1.82, 2.24) is 0 Å². The van der Waals surface area contributed by atoms with Gasteiger partial charge in [-0.3, -0.25) is 0 Å². The molecule has 3 rings (SSSR count). The molecule has 0 heterocycles. The summed E-state index contributed by atoms with van der Waals surface area (Å²) in [6.45, 7) is 11.2. The predicted molar refractivity (Wildman–Crippen MR) is 255 cm³/mol. The zero-order chi connectivity index (χ0) is 43.8. The molecule has 0 saturated heterocycles. The number of allylic oxidation sites excluding steroid dienone is 6. The van der Waals surface area contributed by atoms with E-state index >= 15 is 0 Å². The number of rotatable bonds is 19. The zero-order valence-corrected chi connectivity index (χ0v) is 45.1. The molecule has 0 bridgehead atoms. The second kappa shape index (κ2) is 55.0. The molecule has 0 aliphatic carbocycles. The monoisotopic (exact) mass is 986 g/mol. The van der Waals surface area contributed by atoms with Crippen molar-refractivity contribution in [3.05, 3.63) is 127 Å². The number of carbonyl (C=O) groups is 1. The summed E-state index contributed by atoms with van der Waals surface area (Å²) < 4.78 is 0. The number of nitriles is 3. The minimum absolute atomic E-state index is 0. The van der Waals surface area contributed by atoms with Crippen LogP contribution in [0.25, 0.3) is 0 Å². The Bertz CT molecular complexity index is 1410. The van der Waals surface area contributed by atoms with Crippen LogP contribution in [0.15, 0.2) is 127 Å². The van der Waals surface area contributed by atoms with E-state index < -0.39 is 13.5 Å². The Morgan fingerprint density at radius 1 is 0.567 bits per heavy atom. The Hall–Kier alpha value is -1.99. The number of aldehydes is 1. The third-order valence-corrected chi connectivity index (χ3v) is 9.94. The van der Waals surface area contributed by atoms with Crippen LogP contribution in [0.2, 0.25) is 0 Å². The molecular weight excluding hydrogens is 916 g/mol. The molecule has 0 aromatic heterocycles. The van der Waals surface area contributed by atoms with E-state index in [1.807, 2.05) is 6.07 Å². The fourth-order valence-corrected chi connectivity index (χ4v) is 6.79. The first kappa shape index (κ1) is 67.1. The quantitative estimate of drug-likeness (QED) is 0.0313. The molecule has 0 aliphatic heterocycles. The second-order valence-corrected chi connectivity index (χ2v) is 16.6. The van der Waals surface area contributed by atoms with Crippen molar-refractivity contribution in [2.75, 3.05) is 5.33 Å². The Balaban J connectivity index is -0.000000217. The zero-order valence-electron chi connectivity index (χ0n) is 37.9. The van der Waals surface area contributed by atoms with E-state index in [1.165, 1.54) is 28.8 Å². The van der Waals surface area contributed by atoms with E-state index in [4.69, 9.17) is 15.8 Å². The van der Waals surface area contributed by atoms with Gasteiger partial charge in [0.15, 0.2) is 0 Å². The van der Waals surface area contributed by atoms with Crippen LogP contribution in [0.1, 0.15) is 138 Å². The molecule has 3 aromatic rings. The van der Waals surface area contributed by atoms with Crippen molar-refractivity contribution in [2.24, 2.45) is 0 Å². The fourth-order valence-electron chi connectivity index (χ4n) is 4.21. The van der Waals surface area contributed by atoms with Crippen molar-refractivity contribution >= 4 is 46.1 Å². The van der Waals surface area contributed by atoms with Gasteiger partial charge in [-0.15, -0.1) is 5.60 Å². The molecule has 9 heteroatoms. The molecule has 324 valence electrons. The number of halogens is 2. The Kier molecular flexibility index (Phi) is 61.5. The summed E-state index contributed by atoms with van der Waals surface area (Å²) in [5.74, 6) is 0. The van der Waals surface area contributed by atoms with E-state index in [-0.39, 0.29) is 68.4 Å². The first-order valence-corrected chi connectivity index (χ1v) is 23.3. The largest absolute Gasteiger partial charge is 1.00 e. The molecule has 0 radical (unpaired) electrons. The van der Waals surface area contributed by atoms with Gasteiger partial charge in [-0.1, -0.05) is 191 Å². The van der Waals surface area contributed by atoms with Gasteiger partial charge in [0, 0.05) is 31.0 Å². The van der Waals surface area contributed by atoms with Crippen molar-refractivity contribution in [2.45, 2.75) is 143 Å². The standard InChI is InChI=1S/C18H15P.C12H19N.C8H14O.C5H9N.C4H6BrN.C4H9O.BrH.K/c1-4-10-16(11-5-1)19(17-12-6-2-7-13-17)18-14-8-3-9-15-18;1-2-3-4-5-6-7-8-9-10-11-12-13;1-2-3-4-5-6-7-8-9;1-2-3-4-5-6;5-3-1-2-4-6;1-4(2,3)5;;/h1-15H;3-4,8-9H,2,5-7,10-11H2,1H3;3-4,8H,2,5-7H2,1H3;2-4H2,1H3;1-3H2;1-3H3;1H;/q;;;;;-1;;+1/p-1/b;4-3-,9-8-;4-3-;;;;;. The number of hydrogen-bond donors (Lipinski definition) is 0. The summed E-state index contributed by atoms with van der Waals surface area (Å²) in [4.78, 5) is 9.81.